The van der Waals surface area contributed by atoms with Crippen molar-refractivity contribution < 1.29 is 14.0 Å². The molecular formula is C18H26O3Si. The molecule has 0 N–H and O–H groups in total. The lowest BCUT2D eigenvalue weighted by molar-refractivity contribution is -0.116. The fourth-order valence-corrected chi connectivity index (χ4v) is 3.76. The van der Waals surface area contributed by atoms with E-state index in [1.807, 2.05) is 13.0 Å². The molecule has 0 heterocycles. The molecule has 0 amide bonds. The lowest BCUT2D eigenvalue weighted by Crippen LogP contribution is -2.42. The van der Waals surface area contributed by atoms with E-state index in [4.69, 9.17) is 4.43 Å². The maximum Gasteiger partial charge on any atom is 0.250 e. The minimum Gasteiger partial charge on any atom is -0.546 e. The van der Waals surface area contributed by atoms with E-state index in [2.05, 4.69) is 33.9 Å². The van der Waals surface area contributed by atoms with Crippen molar-refractivity contribution in [2.45, 2.75) is 59.2 Å². The quantitative estimate of drug-likeness (QED) is 0.562. The van der Waals surface area contributed by atoms with Gasteiger partial charge in [-0.05, 0) is 43.6 Å². The number of ketones is 2. The summed E-state index contributed by atoms with van der Waals surface area (Å²) in [6, 6.07) is 0. The average Bonchev–Trinajstić information content (AvgIpc) is 2.37. The fourth-order valence-electron chi connectivity index (χ4n) is 2.60. The highest BCUT2D eigenvalue weighted by Crippen LogP contribution is 2.42. The predicted molar refractivity (Wildman–Crippen MR) is 90.9 cm³/mol. The van der Waals surface area contributed by atoms with Crippen LogP contribution in [0.3, 0.4) is 0 Å². The van der Waals surface area contributed by atoms with E-state index in [1.54, 1.807) is 6.92 Å². The molecule has 120 valence electrons. The first-order valence-electron chi connectivity index (χ1n) is 7.85. The van der Waals surface area contributed by atoms with Gasteiger partial charge in [0.1, 0.15) is 0 Å². The minimum atomic E-state index is -1.95. The largest absolute Gasteiger partial charge is 0.546 e. The van der Waals surface area contributed by atoms with Gasteiger partial charge < -0.3 is 4.43 Å². The van der Waals surface area contributed by atoms with Gasteiger partial charge in [-0.15, -0.1) is 0 Å². The van der Waals surface area contributed by atoms with Crippen LogP contribution in [-0.4, -0.2) is 19.9 Å². The summed E-state index contributed by atoms with van der Waals surface area (Å²) in [5.41, 5.74) is 1.82. The van der Waals surface area contributed by atoms with E-state index in [9.17, 15) is 9.59 Å². The molecule has 2 aliphatic rings. The summed E-state index contributed by atoms with van der Waals surface area (Å²) >= 11 is 0. The number of carbonyl (C=O) groups excluding carboxylic acids is 2. The zero-order valence-corrected chi connectivity index (χ0v) is 15.7. The van der Waals surface area contributed by atoms with E-state index in [-0.39, 0.29) is 22.5 Å². The second-order valence-electron chi connectivity index (χ2n) is 7.81. The van der Waals surface area contributed by atoms with Gasteiger partial charge in [0, 0.05) is 22.6 Å². The van der Waals surface area contributed by atoms with Crippen LogP contribution in [-0.2, 0) is 14.0 Å². The molecule has 0 spiro atoms. The third-order valence-electron chi connectivity index (χ3n) is 5.12. The Bertz CT molecular complexity index is 627. The number of hydrogen-bond acceptors (Lipinski definition) is 3. The molecule has 0 saturated carbocycles. The minimum absolute atomic E-state index is 0.00784. The van der Waals surface area contributed by atoms with Gasteiger partial charge in [0.15, 0.2) is 11.6 Å². The van der Waals surface area contributed by atoms with Crippen molar-refractivity contribution in [3.05, 3.63) is 34.6 Å². The molecule has 0 unspecified atom stereocenters. The van der Waals surface area contributed by atoms with Crippen molar-refractivity contribution >= 4 is 19.9 Å². The number of Topliss-reactive ketones (excluding diaryl/α,β-unsaturated/α-hetero) is 1. The van der Waals surface area contributed by atoms with Crippen molar-refractivity contribution in [1.29, 1.82) is 0 Å². The van der Waals surface area contributed by atoms with Crippen LogP contribution in [0.25, 0.3) is 0 Å². The summed E-state index contributed by atoms with van der Waals surface area (Å²) in [6.07, 6.45) is 3.95. The van der Waals surface area contributed by atoms with E-state index in [0.29, 0.717) is 23.1 Å². The number of carbonyl (C=O) groups is 2. The second-order valence-corrected chi connectivity index (χ2v) is 12.5. The molecule has 0 aliphatic heterocycles. The molecule has 22 heavy (non-hydrogen) atoms. The highest BCUT2D eigenvalue weighted by molar-refractivity contribution is 6.74. The van der Waals surface area contributed by atoms with Gasteiger partial charge in [-0.1, -0.05) is 27.7 Å². The molecule has 0 saturated heterocycles. The third-order valence-corrected chi connectivity index (χ3v) is 9.48. The Hall–Kier alpha value is -1.42. The first kappa shape index (κ1) is 16.9. The lowest BCUT2D eigenvalue weighted by atomic mass is 9.78. The van der Waals surface area contributed by atoms with E-state index >= 15 is 0 Å². The Balaban J connectivity index is 2.31. The van der Waals surface area contributed by atoms with Gasteiger partial charge in [-0.2, -0.15) is 0 Å². The zero-order chi connectivity index (χ0) is 16.9. The second kappa shape index (κ2) is 5.34. The summed E-state index contributed by atoms with van der Waals surface area (Å²) in [5, 5.41) is 0.102. The molecule has 0 aromatic carbocycles. The Morgan fingerprint density at radius 1 is 1.23 bits per heavy atom. The maximum absolute atomic E-state index is 12.5. The molecule has 0 aromatic heterocycles. The molecule has 2 rings (SSSR count). The Morgan fingerprint density at radius 3 is 2.36 bits per heavy atom. The van der Waals surface area contributed by atoms with Crippen molar-refractivity contribution in [2.75, 3.05) is 0 Å². The van der Waals surface area contributed by atoms with Crippen LogP contribution in [0.15, 0.2) is 34.6 Å². The number of allylic oxidation sites excluding steroid dienone is 5. The summed E-state index contributed by atoms with van der Waals surface area (Å²) in [7, 11) is -1.95. The normalized spacial score (nSPS) is 23.1. The zero-order valence-electron chi connectivity index (χ0n) is 14.7. The van der Waals surface area contributed by atoms with Crippen LogP contribution in [0.5, 0.6) is 0 Å². The lowest BCUT2D eigenvalue weighted by Gasteiger charge is -2.40. The van der Waals surface area contributed by atoms with Crippen LogP contribution in [0.4, 0.5) is 0 Å². The van der Waals surface area contributed by atoms with Gasteiger partial charge in [-0.25, -0.2) is 0 Å². The molecule has 3 nitrogen and oxygen atoms in total. The fraction of sp³-hybridized carbons (Fsp3) is 0.556. The highest BCUT2D eigenvalue weighted by Gasteiger charge is 2.42. The van der Waals surface area contributed by atoms with Crippen LogP contribution in [0.2, 0.25) is 18.1 Å². The Kier molecular flexibility index (Phi) is 4.11. The van der Waals surface area contributed by atoms with Gasteiger partial charge >= 0.3 is 0 Å². The predicted octanol–water partition coefficient (Wildman–Crippen LogP) is 4.33. The van der Waals surface area contributed by atoms with Crippen LogP contribution < -0.4 is 0 Å². The van der Waals surface area contributed by atoms with E-state index < -0.39 is 8.32 Å². The van der Waals surface area contributed by atoms with E-state index in [0.717, 1.165) is 5.76 Å². The van der Waals surface area contributed by atoms with Gasteiger partial charge in [-0.3, -0.25) is 9.59 Å². The van der Waals surface area contributed by atoms with Crippen LogP contribution in [0.1, 0.15) is 41.0 Å². The molecular weight excluding hydrogens is 292 g/mol. The summed E-state index contributed by atoms with van der Waals surface area (Å²) < 4.78 is 6.41. The Labute approximate surface area is 134 Å². The van der Waals surface area contributed by atoms with Gasteiger partial charge in [0.25, 0.3) is 0 Å². The maximum atomic E-state index is 12.5. The van der Waals surface area contributed by atoms with Crippen molar-refractivity contribution in [3.63, 3.8) is 0 Å². The smallest absolute Gasteiger partial charge is 0.250 e. The first-order valence-corrected chi connectivity index (χ1v) is 10.8. The molecule has 0 fully saturated rings. The van der Waals surface area contributed by atoms with E-state index in [1.165, 1.54) is 6.08 Å². The molecule has 2 aliphatic carbocycles. The van der Waals surface area contributed by atoms with Crippen LogP contribution in [0, 0.1) is 5.92 Å². The summed E-state index contributed by atoms with van der Waals surface area (Å²) in [4.78, 5) is 24.6. The van der Waals surface area contributed by atoms with Crippen LogP contribution >= 0.6 is 0 Å². The molecule has 0 aromatic rings. The number of hydrogen-bond donors (Lipinski definition) is 0. The topological polar surface area (TPSA) is 43.4 Å². The monoisotopic (exact) mass is 318 g/mol. The summed E-state index contributed by atoms with van der Waals surface area (Å²) in [5.74, 6) is 0.687. The standard InChI is InChI=1S/C18H26O3Si/c1-11-10-14(19)13-8-9-15(12(2)16(13)17(11)20)21-22(6,7)18(3,4)5/h9-10,12H,8H2,1-7H3/t12-/m1/s1. The molecule has 0 radical (unpaired) electrons. The average molecular weight is 318 g/mol. The summed E-state index contributed by atoms with van der Waals surface area (Å²) in [6.45, 7) is 14.7. The molecule has 1 atom stereocenters. The highest BCUT2D eigenvalue weighted by atomic mass is 28.4. The first-order chi connectivity index (χ1) is 9.95. The SMILES string of the molecule is CC1=CC(=O)C2=C(C1=O)[C@H](C)C(O[Si](C)(C)C(C)(C)C)=CC2. The Morgan fingerprint density at radius 2 is 1.82 bits per heavy atom. The van der Waals surface area contributed by atoms with Gasteiger partial charge in [0.2, 0.25) is 8.32 Å². The third kappa shape index (κ3) is 2.76. The van der Waals surface area contributed by atoms with Crippen molar-refractivity contribution in [3.8, 4) is 0 Å². The van der Waals surface area contributed by atoms with Crippen molar-refractivity contribution in [1.82, 2.24) is 0 Å². The number of rotatable bonds is 2. The van der Waals surface area contributed by atoms with Crippen molar-refractivity contribution in [2.24, 2.45) is 5.92 Å². The molecule has 4 heteroatoms. The van der Waals surface area contributed by atoms with Gasteiger partial charge in [0.05, 0.1) is 5.76 Å². The molecule has 0 bridgehead atoms.